The van der Waals surface area contributed by atoms with Crippen LogP contribution < -0.4 is 10.8 Å². The average Bonchev–Trinajstić information content (AvgIpc) is 2.40. The van der Waals surface area contributed by atoms with Crippen molar-refractivity contribution >= 4 is 40.7 Å². The third-order valence-electron chi connectivity index (χ3n) is 2.99. The molecule has 0 spiro atoms. The molecule has 0 saturated heterocycles. The zero-order chi connectivity index (χ0) is 17.8. The maximum atomic E-state index is 13.1. The van der Waals surface area contributed by atoms with Crippen LogP contribution in [0.4, 0.5) is 18.9 Å². The monoisotopic (exact) mass is 372 g/mol. The number of benzene rings is 1. The van der Waals surface area contributed by atoms with Gasteiger partial charge in [-0.25, -0.2) is 5.48 Å². The molecular weight excluding hydrogens is 360 g/mol. The number of carbonyl (C=O) groups is 2. The minimum atomic E-state index is -4.86. The van der Waals surface area contributed by atoms with Crippen molar-refractivity contribution in [2.75, 3.05) is 5.32 Å². The molecule has 2 amide bonds. The summed E-state index contributed by atoms with van der Waals surface area (Å²) >= 11 is 11.4. The molecule has 0 aliphatic rings. The van der Waals surface area contributed by atoms with Crippen LogP contribution in [0.1, 0.15) is 13.3 Å². The first-order valence-electron chi connectivity index (χ1n) is 6.32. The summed E-state index contributed by atoms with van der Waals surface area (Å²) in [4.78, 5) is 23.1. The predicted octanol–water partition coefficient (Wildman–Crippen LogP) is 3.64. The maximum absolute atomic E-state index is 13.1. The van der Waals surface area contributed by atoms with E-state index in [-0.39, 0.29) is 15.7 Å². The molecule has 0 saturated carbocycles. The zero-order valence-electron chi connectivity index (χ0n) is 11.7. The van der Waals surface area contributed by atoms with Gasteiger partial charge in [-0.05, 0) is 24.6 Å². The Morgan fingerprint density at radius 1 is 1.17 bits per heavy atom. The second-order valence-corrected chi connectivity index (χ2v) is 5.73. The molecule has 0 fully saturated rings. The van der Waals surface area contributed by atoms with E-state index in [9.17, 15) is 22.8 Å². The minimum absolute atomic E-state index is 0.000938. The second-order valence-electron chi connectivity index (χ2n) is 4.85. The Bertz CT molecular complexity index is 576. The molecule has 3 N–H and O–H groups in total. The molecule has 0 bridgehead atoms. The van der Waals surface area contributed by atoms with Crippen LogP contribution in [-0.4, -0.2) is 23.2 Å². The summed E-state index contributed by atoms with van der Waals surface area (Å²) in [5, 5.41) is 10.8. The molecule has 10 heteroatoms. The number of alkyl halides is 3. The molecule has 1 rings (SSSR count). The lowest BCUT2D eigenvalue weighted by atomic mass is 9.94. The summed E-state index contributed by atoms with van der Waals surface area (Å²) in [5.41, 5.74) is 1.25. The molecule has 1 aromatic carbocycles. The number of carbonyl (C=O) groups excluding carboxylic acids is 2. The smallest absolute Gasteiger partial charge is 0.325 e. The molecule has 1 aromatic rings. The molecule has 0 radical (unpaired) electrons. The van der Waals surface area contributed by atoms with E-state index >= 15 is 0 Å². The molecule has 0 aliphatic heterocycles. The summed E-state index contributed by atoms with van der Waals surface area (Å²) in [6.45, 7) is 1.16. The lowest BCUT2D eigenvalue weighted by Gasteiger charge is -2.22. The van der Waals surface area contributed by atoms with Crippen molar-refractivity contribution in [1.82, 2.24) is 5.48 Å². The van der Waals surface area contributed by atoms with Gasteiger partial charge in [-0.1, -0.05) is 30.1 Å². The van der Waals surface area contributed by atoms with Gasteiger partial charge in [0.25, 0.3) is 0 Å². The van der Waals surface area contributed by atoms with Gasteiger partial charge < -0.3 is 5.32 Å². The molecule has 5 nitrogen and oxygen atoms in total. The van der Waals surface area contributed by atoms with Gasteiger partial charge in [0.15, 0.2) is 0 Å². The van der Waals surface area contributed by atoms with E-state index in [1.165, 1.54) is 23.7 Å². The number of hydroxylamine groups is 1. The Balaban J connectivity index is 2.94. The molecule has 2 unspecified atom stereocenters. The van der Waals surface area contributed by atoms with Crippen LogP contribution in [0, 0.1) is 11.8 Å². The van der Waals surface area contributed by atoms with Gasteiger partial charge >= 0.3 is 6.18 Å². The fourth-order valence-corrected chi connectivity index (χ4v) is 2.34. The fourth-order valence-electron chi connectivity index (χ4n) is 1.82. The second kappa shape index (κ2) is 7.85. The molecule has 0 heterocycles. The Labute approximate surface area is 139 Å². The van der Waals surface area contributed by atoms with Gasteiger partial charge in [0.05, 0.1) is 0 Å². The number of rotatable bonds is 5. The molecule has 0 aromatic heterocycles. The molecule has 0 aliphatic carbocycles. The minimum Gasteiger partial charge on any atom is -0.325 e. The van der Waals surface area contributed by atoms with Crippen LogP contribution >= 0.6 is 23.2 Å². The Morgan fingerprint density at radius 2 is 1.70 bits per heavy atom. The van der Waals surface area contributed by atoms with Crippen LogP contribution in [0.15, 0.2) is 18.2 Å². The highest BCUT2D eigenvalue weighted by molar-refractivity contribution is 6.35. The first kappa shape index (κ1) is 19.5. The number of hydrogen-bond acceptors (Lipinski definition) is 3. The number of hydrogen-bond donors (Lipinski definition) is 3. The normalized spacial score (nSPS) is 14.0. The first-order chi connectivity index (χ1) is 10.5. The number of anilines is 1. The van der Waals surface area contributed by atoms with E-state index in [1.807, 2.05) is 0 Å². The van der Waals surface area contributed by atoms with Crippen molar-refractivity contribution in [1.29, 1.82) is 0 Å². The van der Waals surface area contributed by atoms with E-state index in [0.717, 1.165) is 6.92 Å². The van der Waals surface area contributed by atoms with Crippen molar-refractivity contribution in [3.8, 4) is 0 Å². The first-order valence-corrected chi connectivity index (χ1v) is 7.07. The third-order valence-corrected chi connectivity index (χ3v) is 3.43. The molecule has 128 valence electrons. The highest BCUT2D eigenvalue weighted by Gasteiger charge is 2.46. The van der Waals surface area contributed by atoms with Crippen molar-refractivity contribution in [2.45, 2.75) is 19.5 Å². The van der Waals surface area contributed by atoms with Crippen molar-refractivity contribution in [3.63, 3.8) is 0 Å². The standard InChI is InChI=1S/C13H13Cl2F3N2O3/c1-6(11(21)20-23)2-10(13(16,17)18)12(22)19-9-4-7(14)3-8(15)5-9/h3-6,10,23H,2H2,1H3,(H,19,22)(H,20,21). The lowest BCUT2D eigenvalue weighted by molar-refractivity contribution is -0.183. The van der Waals surface area contributed by atoms with Crippen molar-refractivity contribution < 1.29 is 28.0 Å². The van der Waals surface area contributed by atoms with E-state index in [1.54, 1.807) is 0 Å². The Kier molecular flexibility index (Phi) is 6.67. The topological polar surface area (TPSA) is 78.4 Å². The van der Waals surface area contributed by atoms with Gasteiger partial charge in [-0.15, -0.1) is 0 Å². The van der Waals surface area contributed by atoms with Crippen molar-refractivity contribution in [2.24, 2.45) is 11.8 Å². The quantitative estimate of drug-likeness (QED) is 0.545. The van der Waals surface area contributed by atoms with E-state index < -0.39 is 36.2 Å². The van der Waals surface area contributed by atoms with Crippen LogP contribution in [0.2, 0.25) is 10.0 Å². The molecular formula is C13H13Cl2F3N2O3. The fraction of sp³-hybridized carbons (Fsp3) is 0.385. The zero-order valence-corrected chi connectivity index (χ0v) is 13.3. The Hall–Kier alpha value is -1.51. The van der Waals surface area contributed by atoms with Gasteiger partial charge in [-0.3, -0.25) is 14.8 Å². The number of nitrogens with one attached hydrogen (secondary N) is 2. The third kappa shape index (κ3) is 5.89. The maximum Gasteiger partial charge on any atom is 0.400 e. The van der Waals surface area contributed by atoms with E-state index in [2.05, 4.69) is 5.32 Å². The summed E-state index contributed by atoms with van der Waals surface area (Å²) < 4.78 is 39.2. The summed E-state index contributed by atoms with van der Waals surface area (Å²) in [6, 6.07) is 3.83. The largest absolute Gasteiger partial charge is 0.400 e. The summed E-state index contributed by atoms with van der Waals surface area (Å²) in [7, 11) is 0. The number of halogens is 5. The van der Waals surface area contributed by atoms with Crippen LogP contribution in [0.3, 0.4) is 0 Å². The van der Waals surface area contributed by atoms with Gasteiger partial charge in [0, 0.05) is 21.7 Å². The van der Waals surface area contributed by atoms with Gasteiger partial charge in [-0.2, -0.15) is 13.2 Å². The SMILES string of the molecule is CC(CC(C(=O)Nc1cc(Cl)cc(Cl)c1)C(F)(F)F)C(=O)NO. The van der Waals surface area contributed by atoms with Crippen LogP contribution in [-0.2, 0) is 9.59 Å². The van der Waals surface area contributed by atoms with E-state index in [4.69, 9.17) is 28.4 Å². The van der Waals surface area contributed by atoms with Crippen molar-refractivity contribution in [3.05, 3.63) is 28.2 Å². The van der Waals surface area contributed by atoms with Crippen LogP contribution in [0.25, 0.3) is 0 Å². The predicted molar refractivity (Wildman–Crippen MR) is 78.3 cm³/mol. The van der Waals surface area contributed by atoms with Gasteiger partial charge in [0.2, 0.25) is 11.8 Å². The Morgan fingerprint density at radius 3 is 2.13 bits per heavy atom. The average molecular weight is 373 g/mol. The highest BCUT2D eigenvalue weighted by atomic mass is 35.5. The number of amides is 2. The highest BCUT2D eigenvalue weighted by Crippen LogP contribution is 2.33. The summed E-state index contributed by atoms with van der Waals surface area (Å²) in [5.74, 6) is -6.03. The van der Waals surface area contributed by atoms with Crippen LogP contribution in [0.5, 0.6) is 0 Å². The lowest BCUT2D eigenvalue weighted by Crippen LogP contribution is -2.38. The van der Waals surface area contributed by atoms with Gasteiger partial charge in [0.1, 0.15) is 5.92 Å². The molecule has 23 heavy (non-hydrogen) atoms. The summed E-state index contributed by atoms with van der Waals surface area (Å²) in [6.07, 6.45) is -5.69. The van der Waals surface area contributed by atoms with E-state index in [0.29, 0.717) is 0 Å². The molecule has 2 atom stereocenters.